The average molecular weight is 250 g/mol. The Labute approximate surface area is 109 Å². The van der Waals surface area contributed by atoms with Crippen molar-refractivity contribution in [2.75, 3.05) is 24.5 Å². The topological polar surface area (TPSA) is 15.3 Å². The minimum atomic E-state index is -0.161. The maximum Gasteiger partial charge on any atom is 0.123 e. The summed E-state index contributed by atoms with van der Waals surface area (Å²) in [5, 5.41) is 3.54. The number of nitrogens with one attached hydrogen (secondary N) is 1. The van der Waals surface area contributed by atoms with E-state index < -0.39 is 0 Å². The fraction of sp³-hybridized carbons (Fsp3) is 0.600. The number of rotatable bonds is 4. The number of benzene rings is 1. The maximum atomic E-state index is 13.0. The number of anilines is 1. The Bertz CT molecular complexity index is 363. The van der Waals surface area contributed by atoms with Crippen LogP contribution in [0, 0.1) is 11.7 Å². The van der Waals surface area contributed by atoms with Crippen LogP contribution in [0.1, 0.15) is 26.7 Å². The molecule has 2 unspecified atom stereocenters. The van der Waals surface area contributed by atoms with Crippen LogP contribution < -0.4 is 10.2 Å². The second-order valence-electron chi connectivity index (χ2n) is 5.15. The van der Waals surface area contributed by atoms with Crippen molar-refractivity contribution in [3.8, 4) is 0 Å². The summed E-state index contributed by atoms with van der Waals surface area (Å²) >= 11 is 0. The zero-order valence-corrected chi connectivity index (χ0v) is 11.3. The number of hydrogen-bond acceptors (Lipinski definition) is 2. The third kappa shape index (κ3) is 3.22. The van der Waals surface area contributed by atoms with Gasteiger partial charge in [-0.2, -0.15) is 0 Å². The van der Waals surface area contributed by atoms with Crippen molar-refractivity contribution in [1.82, 2.24) is 5.32 Å². The van der Waals surface area contributed by atoms with Crippen LogP contribution in [-0.4, -0.2) is 25.7 Å². The number of halogens is 1. The first kappa shape index (κ1) is 13.3. The van der Waals surface area contributed by atoms with Gasteiger partial charge in [0.2, 0.25) is 0 Å². The number of nitrogens with zero attached hydrogens (tertiary/aromatic N) is 1. The fourth-order valence-electron chi connectivity index (χ4n) is 2.80. The van der Waals surface area contributed by atoms with E-state index in [4.69, 9.17) is 0 Å². The lowest BCUT2D eigenvalue weighted by molar-refractivity contribution is 0.330. The molecular weight excluding hydrogens is 227 g/mol. The summed E-state index contributed by atoms with van der Waals surface area (Å²) in [5.74, 6) is 0.568. The molecule has 3 heteroatoms. The summed E-state index contributed by atoms with van der Waals surface area (Å²) in [6.45, 7) is 7.53. The van der Waals surface area contributed by atoms with Crippen molar-refractivity contribution in [3.63, 3.8) is 0 Å². The van der Waals surface area contributed by atoms with Gasteiger partial charge < -0.3 is 10.2 Å². The normalized spacial score (nSPS) is 24.3. The summed E-state index contributed by atoms with van der Waals surface area (Å²) in [4.78, 5) is 2.38. The lowest BCUT2D eigenvalue weighted by Crippen LogP contribution is -2.49. The van der Waals surface area contributed by atoms with E-state index in [1.807, 2.05) is 12.1 Å². The number of hydrogen-bond donors (Lipinski definition) is 1. The van der Waals surface area contributed by atoms with Gasteiger partial charge in [-0.15, -0.1) is 0 Å². The van der Waals surface area contributed by atoms with E-state index in [-0.39, 0.29) is 5.82 Å². The minimum absolute atomic E-state index is 0.161. The molecular formula is C15H23FN2. The smallest absolute Gasteiger partial charge is 0.123 e. The van der Waals surface area contributed by atoms with E-state index in [1.54, 1.807) is 12.1 Å². The zero-order valence-electron chi connectivity index (χ0n) is 11.3. The maximum absolute atomic E-state index is 13.0. The Balaban J connectivity index is 2.08. The molecule has 1 saturated heterocycles. The van der Waals surface area contributed by atoms with E-state index in [9.17, 15) is 4.39 Å². The van der Waals surface area contributed by atoms with E-state index in [0.717, 1.165) is 31.2 Å². The van der Waals surface area contributed by atoms with Gasteiger partial charge in [0.05, 0.1) is 0 Å². The fourth-order valence-corrected chi connectivity index (χ4v) is 2.80. The van der Waals surface area contributed by atoms with Crippen LogP contribution in [0.2, 0.25) is 0 Å². The van der Waals surface area contributed by atoms with E-state index in [1.165, 1.54) is 12.8 Å². The molecule has 1 aliphatic rings. The molecule has 18 heavy (non-hydrogen) atoms. The van der Waals surface area contributed by atoms with Crippen LogP contribution in [-0.2, 0) is 0 Å². The minimum Gasteiger partial charge on any atom is -0.370 e. The highest BCUT2D eigenvalue weighted by atomic mass is 19.1. The van der Waals surface area contributed by atoms with Gasteiger partial charge in [0.25, 0.3) is 0 Å². The summed E-state index contributed by atoms with van der Waals surface area (Å²) < 4.78 is 13.0. The lowest BCUT2D eigenvalue weighted by Gasteiger charge is -2.39. The van der Waals surface area contributed by atoms with Gasteiger partial charge in [-0.25, -0.2) is 4.39 Å². The molecule has 0 aliphatic carbocycles. The Morgan fingerprint density at radius 2 is 1.94 bits per heavy atom. The highest BCUT2D eigenvalue weighted by Gasteiger charge is 2.25. The molecule has 0 amide bonds. The van der Waals surface area contributed by atoms with Crippen molar-refractivity contribution in [2.24, 2.45) is 5.92 Å². The van der Waals surface area contributed by atoms with Crippen LogP contribution in [0.3, 0.4) is 0 Å². The molecule has 0 saturated carbocycles. The predicted octanol–water partition coefficient (Wildman–Crippen LogP) is 3.04. The highest BCUT2D eigenvalue weighted by molar-refractivity contribution is 5.47. The summed E-state index contributed by atoms with van der Waals surface area (Å²) in [7, 11) is 0. The molecule has 0 bridgehead atoms. The molecule has 2 rings (SSSR count). The summed E-state index contributed by atoms with van der Waals surface area (Å²) in [5.41, 5.74) is 1.14. The van der Waals surface area contributed by atoms with Gasteiger partial charge in [0, 0.05) is 24.8 Å². The standard InChI is InChI=1S/C15H23FN2/c1-3-12-9-14(17-4-2)11-18(10-12)15-7-5-13(16)6-8-15/h5-8,12,14,17H,3-4,9-11H2,1-2H3. The van der Waals surface area contributed by atoms with Gasteiger partial charge >= 0.3 is 0 Å². The van der Waals surface area contributed by atoms with Crippen LogP contribution in [0.5, 0.6) is 0 Å². The molecule has 0 aromatic heterocycles. The summed E-state index contributed by atoms with van der Waals surface area (Å²) in [6, 6.07) is 7.42. The first-order valence-electron chi connectivity index (χ1n) is 6.96. The molecule has 1 N–H and O–H groups in total. The van der Waals surface area contributed by atoms with Gasteiger partial charge in [0.15, 0.2) is 0 Å². The molecule has 1 fully saturated rings. The largest absolute Gasteiger partial charge is 0.370 e. The number of piperidine rings is 1. The van der Waals surface area contributed by atoms with Gasteiger partial charge in [-0.05, 0) is 43.1 Å². The Kier molecular flexibility index (Phi) is 4.59. The van der Waals surface area contributed by atoms with E-state index in [2.05, 4.69) is 24.1 Å². The Hall–Kier alpha value is -1.09. The first-order chi connectivity index (χ1) is 8.72. The Morgan fingerprint density at radius 3 is 2.56 bits per heavy atom. The predicted molar refractivity (Wildman–Crippen MR) is 74.5 cm³/mol. The number of likely N-dealkylation sites (N-methyl/N-ethyl adjacent to an activating group) is 1. The third-order valence-corrected chi connectivity index (χ3v) is 3.80. The quantitative estimate of drug-likeness (QED) is 0.883. The SMILES string of the molecule is CCNC1CC(CC)CN(c2ccc(F)cc2)C1. The van der Waals surface area contributed by atoms with E-state index >= 15 is 0 Å². The molecule has 2 atom stereocenters. The zero-order chi connectivity index (χ0) is 13.0. The molecule has 0 spiro atoms. The molecule has 1 aromatic carbocycles. The third-order valence-electron chi connectivity index (χ3n) is 3.80. The average Bonchev–Trinajstić information content (AvgIpc) is 2.39. The molecule has 100 valence electrons. The summed E-state index contributed by atoms with van der Waals surface area (Å²) in [6.07, 6.45) is 2.46. The van der Waals surface area contributed by atoms with Crippen molar-refractivity contribution < 1.29 is 4.39 Å². The second-order valence-corrected chi connectivity index (χ2v) is 5.15. The Morgan fingerprint density at radius 1 is 1.22 bits per heavy atom. The monoisotopic (exact) mass is 250 g/mol. The van der Waals surface area contributed by atoms with Gasteiger partial charge in [0.1, 0.15) is 5.82 Å². The second kappa shape index (κ2) is 6.19. The van der Waals surface area contributed by atoms with Crippen molar-refractivity contribution in [3.05, 3.63) is 30.1 Å². The van der Waals surface area contributed by atoms with Crippen molar-refractivity contribution in [2.45, 2.75) is 32.7 Å². The first-order valence-corrected chi connectivity index (χ1v) is 6.96. The van der Waals surface area contributed by atoms with Crippen LogP contribution >= 0.6 is 0 Å². The molecule has 1 heterocycles. The van der Waals surface area contributed by atoms with Crippen molar-refractivity contribution >= 4 is 5.69 Å². The van der Waals surface area contributed by atoms with Gasteiger partial charge in [-0.3, -0.25) is 0 Å². The van der Waals surface area contributed by atoms with Gasteiger partial charge in [-0.1, -0.05) is 20.3 Å². The van der Waals surface area contributed by atoms with Crippen molar-refractivity contribution in [1.29, 1.82) is 0 Å². The molecule has 1 aromatic rings. The van der Waals surface area contributed by atoms with Crippen LogP contribution in [0.4, 0.5) is 10.1 Å². The lowest BCUT2D eigenvalue weighted by atomic mass is 9.91. The molecule has 2 nitrogen and oxygen atoms in total. The molecule has 0 radical (unpaired) electrons. The van der Waals surface area contributed by atoms with Crippen LogP contribution in [0.25, 0.3) is 0 Å². The van der Waals surface area contributed by atoms with Crippen LogP contribution in [0.15, 0.2) is 24.3 Å². The highest BCUT2D eigenvalue weighted by Crippen LogP contribution is 2.25. The van der Waals surface area contributed by atoms with E-state index in [0.29, 0.717) is 6.04 Å². The molecule has 1 aliphatic heterocycles.